The zero-order chi connectivity index (χ0) is 17.3. The van der Waals surface area contributed by atoms with Crippen LogP contribution in [-0.2, 0) is 9.31 Å². The van der Waals surface area contributed by atoms with Crippen molar-refractivity contribution >= 4 is 29.9 Å². The summed E-state index contributed by atoms with van der Waals surface area (Å²) in [4.78, 5) is 0. The molecule has 2 rings (SSSR count). The van der Waals surface area contributed by atoms with E-state index in [2.05, 4.69) is 10.4 Å². The van der Waals surface area contributed by atoms with E-state index in [4.69, 9.17) is 31.2 Å². The van der Waals surface area contributed by atoms with Crippen molar-refractivity contribution in [3.05, 3.63) is 29.6 Å². The normalized spacial score (nSPS) is 19.6. The predicted molar refractivity (Wildman–Crippen MR) is 91.4 cm³/mol. The molecule has 0 amide bonds. The average Bonchev–Trinajstić information content (AvgIpc) is 2.72. The van der Waals surface area contributed by atoms with Crippen molar-refractivity contribution in [3.63, 3.8) is 0 Å². The summed E-state index contributed by atoms with van der Waals surface area (Å²) in [5.41, 5.74) is 7.55. The van der Waals surface area contributed by atoms with Crippen molar-refractivity contribution in [2.45, 2.75) is 38.9 Å². The lowest BCUT2D eigenvalue weighted by atomic mass is 9.78. The molecule has 8 heteroatoms. The van der Waals surface area contributed by atoms with E-state index in [-0.39, 0.29) is 5.16 Å². The molecule has 23 heavy (non-hydrogen) atoms. The second-order valence-corrected chi connectivity index (χ2v) is 6.66. The fraction of sp³-hybridized carbons (Fsp3) is 0.467. The minimum Gasteiger partial charge on any atom is -0.497 e. The molecule has 0 aromatic heterocycles. The van der Waals surface area contributed by atoms with E-state index in [1.165, 1.54) is 6.20 Å². The highest BCUT2D eigenvalue weighted by Crippen LogP contribution is 2.37. The van der Waals surface area contributed by atoms with E-state index in [0.29, 0.717) is 5.75 Å². The van der Waals surface area contributed by atoms with Crippen LogP contribution in [0.25, 0.3) is 0 Å². The number of methoxy groups -OCH3 is 1. The Kier molecular flexibility index (Phi) is 5.03. The van der Waals surface area contributed by atoms with Crippen LogP contribution in [0.15, 0.2) is 34.7 Å². The number of nitrogens with one attached hydrogen (secondary N) is 2. The number of hydrogen-bond donors (Lipinski definition) is 2. The average molecular weight is 338 g/mol. The number of halogens is 1. The number of benzene rings is 1. The maximum atomic E-state index is 6.80. The zero-order valence-corrected chi connectivity index (χ0v) is 14.7. The van der Waals surface area contributed by atoms with Gasteiger partial charge in [-0.25, -0.2) is 5.53 Å². The molecule has 0 radical (unpaired) electrons. The lowest BCUT2D eigenvalue weighted by molar-refractivity contribution is 0.00578. The van der Waals surface area contributed by atoms with E-state index in [1.54, 1.807) is 7.11 Å². The molecule has 0 saturated carbocycles. The summed E-state index contributed by atoms with van der Waals surface area (Å²) >= 11 is 5.66. The van der Waals surface area contributed by atoms with Crippen LogP contribution in [-0.4, -0.2) is 25.4 Å². The van der Waals surface area contributed by atoms with Gasteiger partial charge in [0.15, 0.2) is 5.16 Å². The molecule has 1 aliphatic heterocycles. The third kappa shape index (κ3) is 3.68. The van der Waals surface area contributed by atoms with Crippen molar-refractivity contribution in [3.8, 4) is 5.75 Å². The maximum absolute atomic E-state index is 6.80. The molecule has 6 nitrogen and oxygen atoms in total. The van der Waals surface area contributed by atoms with Crippen LogP contribution >= 0.6 is 11.6 Å². The van der Waals surface area contributed by atoms with Crippen LogP contribution in [0.5, 0.6) is 5.75 Å². The first-order valence-corrected chi connectivity index (χ1v) is 7.61. The first kappa shape index (κ1) is 17.8. The molecule has 1 heterocycles. The molecule has 0 atom stereocenters. The second kappa shape index (κ2) is 6.51. The quantitative estimate of drug-likeness (QED) is 0.490. The molecule has 1 saturated heterocycles. The van der Waals surface area contributed by atoms with Gasteiger partial charge in [0.2, 0.25) is 0 Å². The lowest BCUT2D eigenvalue weighted by Gasteiger charge is -2.32. The van der Waals surface area contributed by atoms with Gasteiger partial charge >= 0.3 is 7.12 Å². The molecule has 0 unspecified atom stereocenters. The topological polar surface area (TPSA) is 75.9 Å². The van der Waals surface area contributed by atoms with Gasteiger partial charge in [0, 0.05) is 23.4 Å². The summed E-state index contributed by atoms with van der Waals surface area (Å²) in [6, 6.07) is 5.54. The Balaban J connectivity index is 2.26. The SMILES string of the molecule is COc1cc(N/C=C(/Cl)N=N)ccc1B1OC(C)(C)C(C)(C)O1. The Labute approximate surface area is 141 Å². The highest BCUT2D eigenvalue weighted by molar-refractivity contribution is 6.63. The number of nitrogens with zero attached hydrogens (tertiary/aromatic N) is 1. The van der Waals surface area contributed by atoms with Gasteiger partial charge in [-0.2, -0.15) is 0 Å². The highest BCUT2D eigenvalue weighted by atomic mass is 35.5. The van der Waals surface area contributed by atoms with Crippen LogP contribution in [0.2, 0.25) is 0 Å². The summed E-state index contributed by atoms with van der Waals surface area (Å²) in [7, 11) is 1.10. The van der Waals surface area contributed by atoms with Gasteiger partial charge in [-0.1, -0.05) is 17.7 Å². The third-order valence-electron chi connectivity index (χ3n) is 4.21. The first-order chi connectivity index (χ1) is 10.7. The van der Waals surface area contributed by atoms with E-state index < -0.39 is 18.3 Å². The van der Waals surface area contributed by atoms with Gasteiger partial charge in [-0.3, -0.25) is 0 Å². The molecule has 1 aromatic rings. The molecule has 1 aromatic carbocycles. The summed E-state index contributed by atoms with van der Waals surface area (Å²) in [5.74, 6) is 0.640. The Morgan fingerprint density at radius 1 is 1.30 bits per heavy atom. The van der Waals surface area contributed by atoms with Crippen molar-refractivity contribution in [2.24, 2.45) is 5.11 Å². The van der Waals surface area contributed by atoms with Crippen molar-refractivity contribution in [1.29, 1.82) is 5.53 Å². The van der Waals surface area contributed by atoms with Crippen LogP contribution in [0, 0.1) is 5.53 Å². The minimum absolute atomic E-state index is 0.0546. The Hall–Kier alpha value is -1.57. The van der Waals surface area contributed by atoms with Crippen LogP contribution in [0.1, 0.15) is 27.7 Å². The van der Waals surface area contributed by atoms with Gasteiger partial charge in [0.1, 0.15) is 5.75 Å². The third-order valence-corrected chi connectivity index (χ3v) is 4.40. The molecule has 0 aliphatic carbocycles. The molecule has 0 bridgehead atoms. The van der Waals surface area contributed by atoms with Gasteiger partial charge in [-0.15, -0.1) is 5.11 Å². The molecule has 1 fully saturated rings. The van der Waals surface area contributed by atoms with E-state index in [9.17, 15) is 0 Å². The Bertz CT molecular complexity index is 618. The molecular formula is C15H21BClN3O3. The van der Waals surface area contributed by atoms with Gasteiger partial charge in [-0.05, 0) is 33.8 Å². The van der Waals surface area contributed by atoms with Crippen molar-refractivity contribution in [1.82, 2.24) is 0 Å². The highest BCUT2D eigenvalue weighted by Gasteiger charge is 2.52. The monoisotopic (exact) mass is 337 g/mol. The number of ether oxygens (including phenoxy) is 1. The number of rotatable bonds is 5. The van der Waals surface area contributed by atoms with Crippen LogP contribution in [0.3, 0.4) is 0 Å². The van der Waals surface area contributed by atoms with Gasteiger partial charge in [0.05, 0.1) is 18.3 Å². The van der Waals surface area contributed by atoms with Crippen molar-refractivity contribution in [2.75, 3.05) is 12.4 Å². The minimum atomic E-state index is -0.494. The molecular weight excluding hydrogens is 316 g/mol. The fourth-order valence-electron chi connectivity index (χ4n) is 2.14. The number of anilines is 1. The van der Waals surface area contributed by atoms with E-state index in [0.717, 1.165) is 11.2 Å². The maximum Gasteiger partial charge on any atom is 0.498 e. The summed E-state index contributed by atoms with van der Waals surface area (Å²) in [6.07, 6.45) is 1.43. The van der Waals surface area contributed by atoms with Gasteiger partial charge < -0.3 is 19.4 Å². The van der Waals surface area contributed by atoms with Crippen LogP contribution < -0.4 is 15.5 Å². The summed E-state index contributed by atoms with van der Waals surface area (Å²) in [5, 5.41) is 6.11. The summed E-state index contributed by atoms with van der Waals surface area (Å²) < 4.78 is 17.6. The molecule has 1 aliphatic rings. The largest absolute Gasteiger partial charge is 0.498 e. The first-order valence-electron chi connectivity index (χ1n) is 7.23. The summed E-state index contributed by atoms with van der Waals surface area (Å²) in [6.45, 7) is 8.03. The Morgan fingerprint density at radius 2 is 1.91 bits per heavy atom. The fourth-order valence-corrected chi connectivity index (χ4v) is 2.20. The van der Waals surface area contributed by atoms with Gasteiger partial charge in [0.25, 0.3) is 0 Å². The molecule has 0 spiro atoms. The molecule has 124 valence electrons. The lowest BCUT2D eigenvalue weighted by Crippen LogP contribution is -2.41. The van der Waals surface area contributed by atoms with E-state index >= 15 is 0 Å². The standard InChI is InChI=1S/C15H21BClN3O3/c1-14(2)15(3,4)23-16(22-14)11-7-6-10(8-12(11)21-5)19-9-13(17)20-18/h6-9,18-19H,1-5H3/b13-9-,20-18?. The predicted octanol–water partition coefficient (Wildman–Crippen LogP) is 3.47. The number of hydrogen-bond acceptors (Lipinski definition) is 6. The second-order valence-electron chi connectivity index (χ2n) is 6.27. The van der Waals surface area contributed by atoms with E-state index in [1.807, 2.05) is 45.9 Å². The molecule has 2 N–H and O–H groups in total. The zero-order valence-electron chi connectivity index (χ0n) is 13.9. The Morgan fingerprint density at radius 3 is 2.43 bits per heavy atom. The van der Waals surface area contributed by atoms with Crippen molar-refractivity contribution < 1.29 is 14.0 Å². The smallest absolute Gasteiger partial charge is 0.497 e. The van der Waals surface area contributed by atoms with Crippen LogP contribution in [0.4, 0.5) is 5.69 Å².